The summed E-state index contributed by atoms with van der Waals surface area (Å²) in [5.41, 5.74) is 2.37. The van der Waals surface area contributed by atoms with Gasteiger partial charge in [-0.2, -0.15) is 0 Å². The predicted octanol–water partition coefficient (Wildman–Crippen LogP) is 3.25. The van der Waals surface area contributed by atoms with E-state index in [1.807, 2.05) is 11.8 Å². The van der Waals surface area contributed by atoms with E-state index >= 15 is 0 Å². The average Bonchev–Trinajstić information content (AvgIpc) is 3.33. The van der Waals surface area contributed by atoms with Gasteiger partial charge in [0.25, 0.3) is 0 Å². The summed E-state index contributed by atoms with van der Waals surface area (Å²) in [6.07, 6.45) is 2.83. The van der Waals surface area contributed by atoms with Crippen LogP contribution in [0.1, 0.15) is 44.2 Å². The van der Waals surface area contributed by atoms with Gasteiger partial charge < -0.3 is 19.9 Å². The molecule has 1 amide bonds. The molecule has 0 saturated carbocycles. The van der Waals surface area contributed by atoms with Gasteiger partial charge in [0, 0.05) is 51.7 Å². The first kappa shape index (κ1) is 23.9. The first-order chi connectivity index (χ1) is 13.7. The van der Waals surface area contributed by atoms with Gasteiger partial charge in [-0.1, -0.05) is 24.3 Å². The standard InChI is InChI=1S/C22H34N4O2.HI/c1-3-23-22(26-12-10-20(16-26)17-28-4-2)24-14-18-7-5-8-19(13-18)15-25-11-6-9-21(25)27;/h5,7-8,13,20H,3-4,6,9-12,14-17H2,1-2H3,(H,23,24);1H. The SMILES string of the molecule is CCNC(=NCc1cccc(CN2CCCC2=O)c1)N1CCC(COCC)C1.I. The van der Waals surface area contributed by atoms with Crippen LogP contribution < -0.4 is 5.32 Å². The third-order valence-corrected chi connectivity index (χ3v) is 5.43. The zero-order valence-electron chi connectivity index (χ0n) is 17.7. The monoisotopic (exact) mass is 514 g/mol. The van der Waals surface area contributed by atoms with Gasteiger partial charge in [-0.3, -0.25) is 4.79 Å². The molecule has 29 heavy (non-hydrogen) atoms. The molecular weight excluding hydrogens is 479 g/mol. The fourth-order valence-electron chi connectivity index (χ4n) is 3.96. The predicted molar refractivity (Wildman–Crippen MR) is 127 cm³/mol. The van der Waals surface area contributed by atoms with Gasteiger partial charge in [-0.25, -0.2) is 4.99 Å². The highest BCUT2D eigenvalue weighted by Crippen LogP contribution is 2.18. The highest BCUT2D eigenvalue weighted by atomic mass is 127. The Kier molecular flexibility index (Phi) is 10.2. The topological polar surface area (TPSA) is 57.2 Å². The van der Waals surface area contributed by atoms with E-state index in [0.717, 1.165) is 58.2 Å². The summed E-state index contributed by atoms with van der Waals surface area (Å²) >= 11 is 0. The summed E-state index contributed by atoms with van der Waals surface area (Å²) < 4.78 is 5.60. The van der Waals surface area contributed by atoms with Gasteiger partial charge in [-0.05, 0) is 37.8 Å². The molecule has 6 nitrogen and oxygen atoms in total. The summed E-state index contributed by atoms with van der Waals surface area (Å²) in [7, 11) is 0. The van der Waals surface area contributed by atoms with Crippen molar-refractivity contribution < 1.29 is 9.53 Å². The Balaban J connectivity index is 0.00000300. The number of guanidine groups is 1. The number of nitrogens with zero attached hydrogens (tertiary/aromatic N) is 3. The molecule has 162 valence electrons. The Morgan fingerprint density at radius 2 is 2.10 bits per heavy atom. The van der Waals surface area contributed by atoms with Crippen molar-refractivity contribution in [3.8, 4) is 0 Å². The van der Waals surface area contributed by atoms with E-state index in [1.54, 1.807) is 0 Å². The van der Waals surface area contributed by atoms with Crippen molar-refractivity contribution in [1.29, 1.82) is 0 Å². The second-order valence-corrected chi connectivity index (χ2v) is 7.67. The van der Waals surface area contributed by atoms with E-state index in [4.69, 9.17) is 9.73 Å². The normalized spacial score (nSPS) is 19.6. The minimum atomic E-state index is 0. The van der Waals surface area contributed by atoms with E-state index in [9.17, 15) is 4.79 Å². The number of likely N-dealkylation sites (tertiary alicyclic amines) is 2. The molecule has 3 rings (SSSR count). The Morgan fingerprint density at radius 1 is 1.28 bits per heavy atom. The van der Waals surface area contributed by atoms with Crippen molar-refractivity contribution in [3.63, 3.8) is 0 Å². The van der Waals surface area contributed by atoms with E-state index in [2.05, 4.69) is 41.4 Å². The molecule has 2 aliphatic heterocycles. The zero-order valence-corrected chi connectivity index (χ0v) is 20.1. The molecule has 2 aliphatic rings. The molecule has 0 spiro atoms. The highest BCUT2D eigenvalue weighted by Gasteiger charge is 2.25. The lowest BCUT2D eigenvalue weighted by atomic mass is 10.1. The fraction of sp³-hybridized carbons (Fsp3) is 0.636. The first-order valence-corrected chi connectivity index (χ1v) is 10.7. The molecule has 2 saturated heterocycles. The minimum absolute atomic E-state index is 0. The molecule has 1 aromatic rings. The van der Waals surface area contributed by atoms with Gasteiger partial charge in [0.1, 0.15) is 0 Å². The molecule has 2 heterocycles. The van der Waals surface area contributed by atoms with Crippen molar-refractivity contribution in [2.75, 3.05) is 39.4 Å². The maximum Gasteiger partial charge on any atom is 0.222 e. The van der Waals surface area contributed by atoms with Crippen LogP contribution in [0.25, 0.3) is 0 Å². The number of carbonyl (C=O) groups excluding carboxylic acids is 1. The molecule has 1 aromatic carbocycles. The third kappa shape index (κ3) is 7.13. The molecular formula is C22H35IN4O2. The van der Waals surface area contributed by atoms with E-state index < -0.39 is 0 Å². The van der Waals surface area contributed by atoms with Crippen molar-refractivity contribution in [2.45, 2.75) is 46.2 Å². The summed E-state index contributed by atoms with van der Waals surface area (Å²) in [6.45, 7) is 10.9. The van der Waals surface area contributed by atoms with Crippen LogP contribution in [0, 0.1) is 5.92 Å². The van der Waals surface area contributed by atoms with Crippen LogP contribution in [-0.2, 0) is 22.6 Å². The molecule has 7 heteroatoms. The van der Waals surface area contributed by atoms with Crippen molar-refractivity contribution in [1.82, 2.24) is 15.1 Å². The van der Waals surface area contributed by atoms with Gasteiger partial charge in [-0.15, -0.1) is 24.0 Å². The van der Waals surface area contributed by atoms with Crippen molar-refractivity contribution in [2.24, 2.45) is 10.9 Å². The number of hydrogen-bond acceptors (Lipinski definition) is 3. The van der Waals surface area contributed by atoms with Crippen LogP contribution in [0.5, 0.6) is 0 Å². The summed E-state index contributed by atoms with van der Waals surface area (Å²) in [4.78, 5) is 21.1. The number of hydrogen-bond donors (Lipinski definition) is 1. The second kappa shape index (κ2) is 12.4. The summed E-state index contributed by atoms with van der Waals surface area (Å²) in [5, 5.41) is 3.43. The molecule has 2 fully saturated rings. The lowest BCUT2D eigenvalue weighted by molar-refractivity contribution is -0.128. The Hall–Kier alpha value is -1.35. The Morgan fingerprint density at radius 3 is 2.83 bits per heavy atom. The highest BCUT2D eigenvalue weighted by molar-refractivity contribution is 14.0. The number of nitrogens with one attached hydrogen (secondary N) is 1. The number of halogens is 1. The zero-order chi connectivity index (χ0) is 19.8. The van der Waals surface area contributed by atoms with Crippen LogP contribution in [0.2, 0.25) is 0 Å². The van der Waals surface area contributed by atoms with E-state index in [-0.39, 0.29) is 29.9 Å². The molecule has 0 aromatic heterocycles. The Labute approximate surface area is 192 Å². The molecule has 1 unspecified atom stereocenters. The number of carbonyl (C=O) groups is 1. The van der Waals surface area contributed by atoms with E-state index in [0.29, 0.717) is 25.4 Å². The molecule has 1 N–H and O–H groups in total. The maximum absolute atomic E-state index is 11.9. The summed E-state index contributed by atoms with van der Waals surface area (Å²) in [6, 6.07) is 8.47. The van der Waals surface area contributed by atoms with Crippen LogP contribution in [0.4, 0.5) is 0 Å². The van der Waals surface area contributed by atoms with Crippen molar-refractivity contribution in [3.05, 3.63) is 35.4 Å². The van der Waals surface area contributed by atoms with Crippen LogP contribution in [0.3, 0.4) is 0 Å². The minimum Gasteiger partial charge on any atom is -0.381 e. The first-order valence-electron chi connectivity index (χ1n) is 10.7. The number of amides is 1. The average molecular weight is 514 g/mol. The quantitative estimate of drug-likeness (QED) is 0.329. The largest absolute Gasteiger partial charge is 0.381 e. The lowest BCUT2D eigenvalue weighted by Crippen LogP contribution is -2.40. The molecule has 0 aliphatic carbocycles. The van der Waals surface area contributed by atoms with Gasteiger partial charge in [0.2, 0.25) is 5.91 Å². The maximum atomic E-state index is 11.9. The number of rotatable bonds is 8. The molecule has 0 radical (unpaired) electrons. The Bertz CT molecular complexity index is 683. The lowest BCUT2D eigenvalue weighted by Gasteiger charge is -2.22. The van der Waals surface area contributed by atoms with Crippen LogP contribution >= 0.6 is 24.0 Å². The fourth-order valence-corrected chi connectivity index (χ4v) is 3.96. The smallest absolute Gasteiger partial charge is 0.222 e. The molecule has 1 atom stereocenters. The second-order valence-electron chi connectivity index (χ2n) is 7.67. The van der Waals surface area contributed by atoms with Crippen LogP contribution in [-0.4, -0.2) is 61.1 Å². The van der Waals surface area contributed by atoms with Gasteiger partial charge >= 0.3 is 0 Å². The summed E-state index contributed by atoms with van der Waals surface area (Å²) in [5.74, 6) is 1.85. The number of aliphatic imine (C=N–C) groups is 1. The number of benzene rings is 1. The molecule has 0 bridgehead atoms. The van der Waals surface area contributed by atoms with Gasteiger partial charge in [0.05, 0.1) is 13.2 Å². The van der Waals surface area contributed by atoms with Crippen LogP contribution in [0.15, 0.2) is 29.3 Å². The number of ether oxygens (including phenoxy) is 1. The van der Waals surface area contributed by atoms with Gasteiger partial charge in [0.15, 0.2) is 5.96 Å². The van der Waals surface area contributed by atoms with Crippen molar-refractivity contribution >= 4 is 35.8 Å². The third-order valence-electron chi connectivity index (χ3n) is 5.43. The van der Waals surface area contributed by atoms with E-state index in [1.165, 1.54) is 11.1 Å².